The van der Waals surface area contributed by atoms with Gasteiger partial charge in [0.15, 0.2) is 0 Å². The van der Waals surface area contributed by atoms with Crippen molar-refractivity contribution in [3.05, 3.63) is 54.5 Å². The molecule has 1 aromatic carbocycles. The lowest BCUT2D eigenvalue weighted by atomic mass is 10.1. The van der Waals surface area contributed by atoms with Crippen LogP contribution in [-0.4, -0.2) is 37.3 Å². The number of para-hydroxylation sites is 1. The van der Waals surface area contributed by atoms with Crippen LogP contribution in [0.15, 0.2) is 53.1 Å². The number of nitrogens with zero attached hydrogens (tertiary/aromatic N) is 1. The van der Waals surface area contributed by atoms with Gasteiger partial charge in [0.25, 0.3) is 0 Å². The van der Waals surface area contributed by atoms with E-state index in [1.54, 1.807) is 12.1 Å². The summed E-state index contributed by atoms with van der Waals surface area (Å²) in [6, 6.07) is 13.0. The van der Waals surface area contributed by atoms with E-state index in [1.807, 2.05) is 44.3 Å². The van der Waals surface area contributed by atoms with E-state index in [0.717, 1.165) is 5.69 Å². The number of anilines is 1. The van der Waals surface area contributed by atoms with E-state index in [4.69, 9.17) is 4.42 Å². The lowest BCUT2D eigenvalue weighted by Gasteiger charge is -2.20. The van der Waals surface area contributed by atoms with Gasteiger partial charge in [0.2, 0.25) is 0 Å². The molecule has 2 atom stereocenters. The van der Waals surface area contributed by atoms with Crippen LogP contribution >= 0.6 is 0 Å². The molecule has 0 aliphatic rings. The predicted octanol–water partition coefficient (Wildman–Crippen LogP) is 2.53. The van der Waals surface area contributed by atoms with Crippen molar-refractivity contribution in [3.8, 4) is 0 Å². The van der Waals surface area contributed by atoms with Crippen molar-refractivity contribution in [3.63, 3.8) is 0 Å². The second kappa shape index (κ2) is 8.98. The normalized spacial score (nSPS) is 13.1. The van der Waals surface area contributed by atoms with Gasteiger partial charge in [-0.25, -0.2) is 4.79 Å². The molecule has 0 saturated heterocycles. The van der Waals surface area contributed by atoms with E-state index < -0.39 is 6.10 Å². The van der Waals surface area contributed by atoms with Gasteiger partial charge in [0.1, 0.15) is 11.9 Å². The predicted molar refractivity (Wildman–Crippen MR) is 94.0 cm³/mol. The Morgan fingerprint density at radius 2 is 2.00 bits per heavy atom. The van der Waals surface area contributed by atoms with Gasteiger partial charge >= 0.3 is 6.03 Å². The van der Waals surface area contributed by atoms with Gasteiger partial charge in [-0.15, -0.1) is 0 Å². The molecule has 0 fully saturated rings. The average molecular weight is 331 g/mol. The number of benzene rings is 1. The zero-order valence-corrected chi connectivity index (χ0v) is 14.1. The van der Waals surface area contributed by atoms with Crippen molar-refractivity contribution in [1.29, 1.82) is 0 Å². The average Bonchev–Trinajstić information content (AvgIpc) is 3.10. The number of aliphatic hydroxyl groups is 1. The number of hydrogen-bond acceptors (Lipinski definition) is 4. The number of rotatable bonds is 8. The molecule has 1 aromatic heterocycles. The Labute approximate surface area is 142 Å². The molecule has 0 saturated carbocycles. The van der Waals surface area contributed by atoms with Crippen LogP contribution in [0.2, 0.25) is 0 Å². The van der Waals surface area contributed by atoms with Crippen LogP contribution in [0.4, 0.5) is 10.5 Å². The molecule has 2 aromatic rings. The Morgan fingerprint density at radius 3 is 2.67 bits per heavy atom. The number of likely N-dealkylation sites (N-methyl/N-ethyl adjacent to an activating group) is 1. The molecule has 6 heteroatoms. The van der Waals surface area contributed by atoms with Gasteiger partial charge in [-0.1, -0.05) is 18.2 Å². The smallest absolute Gasteiger partial charge is 0.315 e. The van der Waals surface area contributed by atoms with Crippen LogP contribution < -0.4 is 15.5 Å². The lowest BCUT2D eigenvalue weighted by Crippen LogP contribution is -2.43. The topological polar surface area (TPSA) is 77.7 Å². The number of amides is 2. The SMILES string of the molecule is CC(CC(O)c1ccco1)NC(=O)NCCN(C)c1ccccc1. The summed E-state index contributed by atoms with van der Waals surface area (Å²) in [7, 11) is 1.98. The van der Waals surface area contributed by atoms with Gasteiger partial charge in [0, 0.05) is 38.3 Å². The number of carbonyl (C=O) groups excluding carboxylic acids is 1. The van der Waals surface area contributed by atoms with Gasteiger partial charge in [-0.05, 0) is 31.2 Å². The van der Waals surface area contributed by atoms with Crippen molar-refractivity contribution < 1.29 is 14.3 Å². The first kappa shape index (κ1) is 17.9. The summed E-state index contributed by atoms with van der Waals surface area (Å²) in [6.45, 7) is 3.09. The van der Waals surface area contributed by atoms with Crippen LogP contribution in [0.5, 0.6) is 0 Å². The molecule has 0 aliphatic heterocycles. The summed E-state index contributed by atoms with van der Waals surface area (Å²) in [5, 5.41) is 15.6. The minimum absolute atomic E-state index is 0.169. The Hall–Kier alpha value is -2.47. The molecule has 3 N–H and O–H groups in total. The molecule has 0 radical (unpaired) electrons. The summed E-state index contributed by atoms with van der Waals surface area (Å²) in [5.74, 6) is 0.508. The third-order valence-corrected chi connectivity index (χ3v) is 3.76. The van der Waals surface area contributed by atoms with Crippen molar-refractivity contribution >= 4 is 11.7 Å². The molecule has 0 bridgehead atoms. The number of nitrogens with one attached hydrogen (secondary N) is 2. The molecule has 130 valence electrons. The monoisotopic (exact) mass is 331 g/mol. The highest BCUT2D eigenvalue weighted by Gasteiger charge is 2.16. The van der Waals surface area contributed by atoms with Gasteiger partial charge in [0.05, 0.1) is 6.26 Å². The van der Waals surface area contributed by atoms with Crippen molar-refractivity contribution in [2.75, 3.05) is 25.0 Å². The zero-order valence-electron chi connectivity index (χ0n) is 14.1. The number of urea groups is 1. The van der Waals surface area contributed by atoms with E-state index in [9.17, 15) is 9.90 Å². The highest BCUT2D eigenvalue weighted by atomic mass is 16.4. The first-order valence-electron chi connectivity index (χ1n) is 8.08. The van der Waals surface area contributed by atoms with Gasteiger partial charge in [-0.2, -0.15) is 0 Å². The number of carbonyl (C=O) groups is 1. The zero-order chi connectivity index (χ0) is 17.4. The van der Waals surface area contributed by atoms with Gasteiger partial charge < -0.3 is 25.1 Å². The minimum atomic E-state index is -0.723. The second-order valence-electron chi connectivity index (χ2n) is 5.83. The molecule has 24 heavy (non-hydrogen) atoms. The number of furan rings is 1. The van der Waals surface area contributed by atoms with E-state index >= 15 is 0 Å². The summed E-state index contributed by atoms with van der Waals surface area (Å²) in [4.78, 5) is 14.0. The van der Waals surface area contributed by atoms with E-state index in [-0.39, 0.29) is 12.1 Å². The number of aliphatic hydroxyl groups excluding tert-OH is 1. The molecule has 2 rings (SSSR count). The second-order valence-corrected chi connectivity index (χ2v) is 5.83. The molecular weight excluding hydrogens is 306 g/mol. The molecule has 6 nitrogen and oxygen atoms in total. The Bertz CT molecular complexity index is 601. The van der Waals surface area contributed by atoms with Crippen LogP contribution in [0.1, 0.15) is 25.2 Å². The molecule has 0 aliphatic carbocycles. The fourth-order valence-electron chi connectivity index (χ4n) is 2.41. The Kier molecular flexibility index (Phi) is 6.69. The van der Waals surface area contributed by atoms with E-state index in [0.29, 0.717) is 25.3 Å². The molecular formula is C18H25N3O3. The highest BCUT2D eigenvalue weighted by molar-refractivity contribution is 5.74. The van der Waals surface area contributed by atoms with Crippen LogP contribution in [0.3, 0.4) is 0 Å². The maximum Gasteiger partial charge on any atom is 0.315 e. The summed E-state index contributed by atoms with van der Waals surface area (Å²) < 4.78 is 5.15. The van der Waals surface area contributed by atoms with Crippen LogP contribution in [0, 0.1) is 0 Å². The number of hydrogen-bond donors (Lipinski definition) is 3. The first-order valence-corrected chi connectivity index (χ1v) is 8.08. The summed E-state index contributed by atoms with van der Waals surface area (Å²) >= 11 is 0. The summed E-state index contributed by atoms with van der Waals surface area (Å²) in [5.41, 5.74) is 1.11. The highest BCUT2D eigenvalue weighted by Crippen LogP contribution is 2.18. The summed E-state index contributed by atoms with van der Waals surface area (Å²) in [6.07, 6.45) is 1.19. The quantitative estimate of drug-likeness (QED) is 0.695. The van der Waals surface area contributed by atoms with E-state index in [1.165, 1.54) is 6.26 Å². The molecule has 2 amide bonds. The fourth-order valence-corrected chi connectivity index (χ4v) is 2.41. The fraction of sp³-hybridized carbons (Fsp3) is 0.389. The molecule has 0 spiro atoms. The molecule has 2 unspecified atom stereocenters. The standard InChI is InChI=1S/C18H25N3O3/c1-14(13-16(22)17-9-6-12-24-17)20-18(23)19-10-11-21(2)15-7-4-3-5-8-15/h3-9,12,14,16,22H,10-11,13H2,1-2H3,(H2,19,20,23). The third kappa shape index (κ3) is 5.62. The van der Waals surface area contributed by atoms with Crippen molar-refractivity contribution in [2.45, 2.75) is 25.5 Å². The Balaban J connectivity index is 1.65. The van der Waals surface area contributed by atoms with Crippen molar-refractivity contribution in [2.24, 2.45) is 0 Å². The van der Waals surface area contributed by atoms with Crippen LogP contribution in [-0.2, 0) is 0 Å². The maximum atomic E-state index is 11.9. The minimum Gasteiger partial charge on any atom is -0.467 e. The third-order valence-electron chi connectivity index (χ3n) is 3.76. The van der Waals surface area contributed by atoms with Gasteiger partial charge in [-0.3, -0.25) is 0 Å². The van der Waals surface area contributed by atoms with Crippen LogP contribution in [0.25, 0.3) is 0 Å². The maximum absolute atomic E-state index is 11.9. The first-order chi connectivity index (χ1) is 11.6. The lowest BCUT2D eigenvalue weighted by molar-refractivity contribution is 0.129. The molecule has 1 heterocycles. The van der Waals surface area contributed by atoms with E-state index in [2.05, 4.69) is 15.5 Å². The Morgan fingerprint density at radius 1 is 1.25 bits per heavy atom. The largest absolute Gasteiger partial charge is 0.467 e. The van der Waals surface area contributed by atoms with Crippen molar-refractivity contribution in [1.82, 2.24) is 10.6 Å².